The van der Waals surface area contributed by atoms with Gasteiger partial charge in [0.2, 0.25) is 0 Å². The van der Waals surface area contributed by atoms with Crippen LogP contribution in [0.2, 0.25) is 4.34 Å². The van der Waals surface area contributed by atoms with E-state index in [1.807, 2.05) is 0 Å². The fourth-order valence-electron chi connectivity index (χ4n) is 5.53. The van der Waals surface area contributed by atoms with Crippen LogP contribution in [0.4, 0.5) is 4.39 Å². The molecular weight excluding hydrogens is 587 g/mol. The summed E-state index contributed by atoms with van der Waals surface area (Å²) >= 11 is 7.30. The lowest BCUT2D eigenvalue weighted by Crippen LogP contribution is -2.47. The zero-order chi connectivity index (χ0) is 29.9. The third-order valence-corrected chi connectivity index (χ3v) is 11.1. The predicted octanol–water partition coefficient (Wildman–Crippen LogP) is 5.38. The zero-order valence-corrected chi connectivity index (χ0v) is 25.8. The molecule has 2 aromatic carbocycles. The number of rotatable bonds is 13. The van der Waals surface area contributed by atoms with Crippen molar-refractivity contribution in [2.45, 2.75) is 61.8 Å². The van der Waals surface area contributed by atoms with Crippen molar-refractivity contribution in [3.8, 4) is 11.1 Å². The van der Waals surface area contributed by atoms with Gasteiger partial charge in [0.1, 0.15) is 14.4 Å². The lowest BCUT2D eigenvalue weighted by atomic mass is 9.88. The Balaban J connectivity index is 1.38. The standard InChI is InChI=1S/C30H36ClFN2O5S2/c1-30(2,16-19-12-20-6-4-5-7-21(20)13-19)33-17-24(35)18-34(3)41(38,39)28-15-26(29(31)40-28)25-10-9-23(32)14-22(25)8-11-27(36)37/h4-7,9-10,14-15,19,24,33,35H,8,11-13,16-18H2,1-3H3,(H,36,37). The topological polar surface area (TPSA) is 107 Å². The molecule has 0 bridgehead atoms. The highest BCUT2D eigenvalue weighted by atomic mass is 35.5. The number of aliphatic hydroxyl groups excluding tert-OH is 1. The number of fused-ring (bicyclic) bond motifs is 1. The molecule has 0 spiro atoms. The third kappa shape index (κ3) is 7.94. The second-order valence-electron chi connectivity index (χ2n) is 11.4. The Hall–Kier alpha value is -2.34. The molecule has 1 heterocycles. The number of aliphatic carboxylic acids is 1. The number of likely N-dealkylation sites (N-methyl/N-ethyl adjacent to an activating group) is 1. The van der Waals surface area contributed by atoms with Crippen LogP contribution in [0.5, 0.6) is 0 Å². The maximum atomic E-state index is 13.9. The Morgan fingerprint density at radius 2 is 1.83 bits per heavy atom. The van der Waals surface area contributed by atoms with Crippen molar-refractivity contribution in [3.05, 3.63) is 75.4 Å². The molecule has 41 heavy (non-hydrogen) atoms. The van der Waals surface area contributed by atoms with Crippen molar-refractivity contribution >= 4 is 38.9 Å². The lowest BCUT2D eigenvalue weighted by molar-refractivity contribution is -0.136. The SMILES string of the molecule is CN(CC(O)CNC(C)(C)CC1Cc2ccccc2C1)S(=O)(=O)c1cc(-c2ccc(F)cc2CCC(=O)O)c(Cl)s1. The Morgan fingerprint density at radius 1 is 1.17 bits per heavy atom. The normalized spacial score (nSPS) is 14.9. The van der Waals surface area contributed by atoms with Gasteiger partial charge < -0.3 is 15.5 Å². The molecule has 0 radical (unpaired) electrons. The summed E-state index contributed by atoms with van der Waals surface area (Å²) in [4.78, 5) is 11.1. The van der Waals surface area contributed by atoms with E-state index in [9.17, 15) is 22.7 Å². The Kier molecular flexibility index (Phi) is 9.93. The average molecular weight is 623 g/mol. The van der Waals surface area contributed by atoms with E-state index in [1.165, 1.54) is 42.4 Å². The van der Waals surface area contributed by atoms with Crippen LogP contribution in [0.15, 0.2) is 52.7 Å². The molecule has 0 saturated heterocycles. The zero-order valence-electron chi connectivity index (χ0n) is 23.4. The number of hydrogen-bond acceptors (Lipinski definition) is 6. The van der Waals surface area contributed by atoms with Gasteiger partial charge in [-0.2, -0.15) is 4.31 Å². The maximum absolute atomic E-state index is 13.9. The minimum absolute atomic E-state index is 0.0187. The molecule has 1 aliphatic carbocycles. The van der Waals surface area contributed by atoms with E-state index in [2.05, 4.69) is 43.4 Å². The Morgan fingerprint density at radius 3 is 2.46 bits per heavy atom. The van der Waals surface area contributed by atoms with Crippen molar-refractivity contribution in [1.29, 1.82) is 0 Å². The summed E-state index contributed by atoms with van der Waals surface area (Å²) in [5.41, 5.74) is 3.85. The first kappa shape index (κ1) is 31.6. The summed E-state index contributed by atoms with van der Waals surface area (Å²) in [6, 6.07) is 13.9. The predicted molar refractivity (Wildman–Crippen MR) is 161 cm³/mol. The van der Waals surface area contributed by atoms with Gasteiger partial charge in [-0.1, -0.05) is 41.9 Å². The molecule has 1 aliphatic rings. The minimum Gasteiger partial charge on any atom is -0.481 e. The van der Waals surface area contributed by atoms with Gasteiger partial charge in [0, 0.05) is 37.7 Å². The molecule has 4 rings (SSSR count). The van der Waals surface area contributed by atoms with Crippen LogP contribution in [0, 0.1) is 11.7 Å². The van der Waals surface area contributed by atoms with Crippen molar-refractivity contribution in [3.63, 3.8) is 0 Å². The number of aliphatic hydroxyl groups is 1. The van der Waals surface area contributed by atoms with Gasteiger partial charge in [0.05, 0.1) is 6.10 Å². The molecule has 7 nitrogen and oxygen atoms in total. The van der Waals surface area contributed by atoms with Crippen molar-refractivity contribution < 1.29 is 27.8 Å². The fourth-order valence-corrected chi connectivity index (χ4v) is 8.70. The lowest BCUT2D eigenvalue weighted by Gasteiger charge is -2.31. The number of halogens is 2. The van der Waals surface area contributed by atoms with Gasteiger partial charge in [0.15, 0.2) is 0 Å². The number of carboxylic acids is 1. The monoisotopic (exact) mass is 622 g/mol. The first-order valence-electron chi connectivity index (χ1n) is 13.5. The first-order chi connectivity index (χ1) is 19.2. The number of benzene rings is 2. The Labute approximate surface area is 250 Å². The molecule has 1 unspecified atom stereocenters. The molecule has 222 valence electrons. The van der Waals surface area contributed by atoms with Crippen molar-refractivity contribution in [1.82, 2.24) is 9.62 Å². The van der Waals surface area contributed by atoms with Gasteiger partial charge in [-0.05, 0) is 85.9 Å². The molecule has 0 aliphatic heterocycles. The highest BCUT2D eigenvalue weighted by Crippen LogP contribution is 2.40. The molecule has 0 amide bonds. The number of aryl methyl sites for hydroxylation is 1. The van der Waals surface area contributed by atoms with E-state index in [0.717, 1.165) is 34.9 Å². The maximum Gasteiger partial charge on any atom is 0.303 e. The quantitative estimate of drug-likeness (QED) is 0.236. The third-order valence-electron chi connectivity index (χ3n) is 7.51. The fraction of sp³-hybridized carbons (Fsp3) is 0.433. The number of thiophene rings is 1. The van der Waals surface area contributed by atoms with E-state index in [0.29, 0.717) is 22.6 Å². The smallest absolute Gasteiger partial charge is 0.303 e. The number of hydrogen-bond donors (Lipinski definition) is 3. The number of β-amino-alcohol motifs (C(OH)–C–C–N with tert-alkyl or cyclic N) is 1. The van der Waals surface area contributed by atoms with Gasteiger partial charge in [-0.3, -0.25) is 4.79 Å². The van der Waals surface area contributed by atoms with E-state index >= 15 is 0 Å². The second kappa shape index (κ2) is 12.9. The van der Waals surface area contributed by atoms with Gasteiger partial charge in [0.25, 0.3) is 10.0 Å². The van der Waals surface area contributed by atoms with Gasteiger partial charge >= 0.3 is 5.97 Å². The van der Waals surface area contributed by atoms with E-state index in [1.54, 1.807) is 0 Å². The molecule has 3 N–H and O–H groups in total. The highest BCUT2D eigenvalue weighted by Gasteiger charge is 2.30. The highest BCUT2D eigenvalue weighted by molar-refractivity contribution is 7.91. The second-order valence-corrected chi connectivity index (χ2v) is 15.3. The van der Waals surface area contributed by atoms with E-state index in [-0.39, 0.29) is 40.0 Å². The molecule has 3 aromatic rings. The van der Waals surface area contributed by atoms with E-state index < -0.39 is 27.9 Å². The Bertz CT molecular complexity index is 1480. The van der Waals surface area contributed by atoms with Crippen molar-refractivity contribution in [2.24, 2.45) is 5.92 Å². The molecule has 1 aromatic heterocycles. The number of carbonyl (C=O) groups is 1. The van der Waals surface area contributed by atoms with Gasteiger partial charge in [-0.15, -0.1) is 11.3 Å². The molecule has 0 fully saturated rings. The van der Waals surface area contributed by atoms with Crippen LogP contribution in [0.25, 0.3) is 11.1 Å². The molecule has 0 saturated carbocycles. The average Bonchev–Trinajstić information content (AvgIpc) is 3.49. The van der Waals surface area contributed by atoms with Crippen LogP contribution >= 0.6 is 22.9 Å². The van der Waals surface area contributed by atoms with Crippen LogP contribution < -0.4 is 5.32 Å². The van der Waals surface area contributed by atoms with Crippen molar-refractivity contribution in [2.75, 3.05) is 20.1 Å². The molecular formula is C30H36ClFN2O5S2. The molecule has 11 heteroatoms. The molecule has 1 atom stereocenters. The summed E-state index contributed by atoms with van der Waals surface area (Å²) in [6.07, 6.45) is 1.92. The van der Waals surface area contributed by atoms with Crippen LogP contribution in [0.3, 0.4) is 0 Å². The van der Waals surface area contributed by atoms with E-state index in [4.69, 9.17) is 16.7 Å². The first-order valence-corrected chi connectivity index (χ1v) is 16.1. The summed E-state index contributed by atoms with van der Waals surface area (Å²) < 4.78 is 41.9. The summed E-state index contributed by atoms with van der Waals surface area (Å²) in [5.74, 6) is -1.03. The minimum atomic E-state index is -3.98. The van der Waals surface area contributed by atoms with Crippen LogP contribution in [0.1, 0.15) is 43.4 Å². The number of carboxylic acid groups (broad SMARTS) is 1. The van der Waals surface area contributed by atoms with Crippen LogP contribution in [-0.2, 0) is 34.1 Å². The summed E-state index contributed by atoms with van der Waals surface area (Å²) in [5, 5.41) is 23.2. The number of nitrogens with zero attached hydrogens (tertiary/aromatic N) is 1. The summed E-state index contributed by atoms with van der Waals surface area (Å²) in [6.45, 7) is 4.30. The van der Waals surface area contributed by atoms with Crippen LogP contribution in [-0.4, -0.2) is 60.7 Å². The van der Waals surface area contributed by atoms with Gasteiger partial charge in [-0.25, -0.2) is 12.8 Å². The number of sulfonamides is 1. The number of nitrogens with one attached hydrogen (secondary N) is 1. The summed E-state index contributed by atoms with van der Waals surface area (Å²) in [7, 11) is -2.58. The largest absolute Gasteiger partial charge is 0.481 e.